The van der Waals surface area contributed by atoms with Crippen molar-refractivity contribution in [1.29, 1.82) is 0 Å². The van der Waals surface area contributed by atoms with E-state index in [1.165, 1.54) is 36.7 Å². The number of rotatable bonds is 5. The fraction of sp³-hybridized carbons (Fsp3) is 0.133. The summed E-state index contributed by atoms with van der Waals surface area (Å²) in [5.41, 5.74) is 0.473. The number of aromatic nitrogens is 1. The van der Waals surface area contributed by atoms with Gasteiger partial charge in [0.25, 0.3) is 5.91 Å². The molecule has 0 radical (unpaired) electrons. The highest BCUT2D eigenvalue weighted by Crippen LogP contribution is 2.23. The second-order valence-electron chi connectivity index (χ2n) is 4.43. The van der Waals surface area contributed by atoms with Crippen molar-refractivity contribution in [1.82, 2.24) is 4.98 Å². The first kappa shape index (κ1) is 17.3. The van der Waals surface area contributed by atoms with Gasteiger partial charge in [-0.2, -0.15) is 0 Å². The number of hydrogen-bond donors (Lipinski definition) is 1. The lowest BCUT2D eigenvalue weighted by Crippen LogP contribution is -2.21. The zero-order valence-electron chi connectivity index (χ0n) is 12.0. The number of halogens is 3. The highest BCUT2D eigenvalue weighted by molar-refractivity contribution is 5.95. The number of nitrogens with zero attached hydrogens (tertiary/aromatic N) is 1. The lowest BCUT2D eigenvalue weighted by atomic mass is 10.3. The van der Waals surface area contributed by atoms with Crippen LogP contribution in [0.5, 0.6) is 5.75 Å². The average Bonchev–Trinajstić information content (AvgIpc) is 2.54. The third-order valence-electron chi connectivity index (χ3n) is 2.62. The third-order valence-corrected chi connectivity index (χ3v) is 2.62. The van der Waals surface area contributed by atoms with Crippen LogP contribution in [0.15, 0.2) is 48.8 Å². The van der Waals surface area contributed by atoms with Crippen LogP contribution in [0.4, 0.5) is 18.9 Å². The minimum Gasteiger partial charge on any atom is -0.452 e. The molecule has 0 aliphatic heterocycles. The number of pyridine rings is 1. The van der Waals surface area contributed by atoms with Crippen LogP contribution in [0.25, 0.3) is 0 Å². The molecule has 0 spiro atoms. The van der Waals surface area contributed by atoms with Gasteiger partial charge < -0.3 is 14.8 Å². The second kappa shape index (κ2) is 7.44. The maximum absolute atomic E-state index is 12.0. The zero-order chi connectivity index (χ0) is 17.6. The summed E-state index contributed by atoms with van der Waals surface area (Å²) in [6, 6.07) is 7.41. The molecule has 6 nitrogen and oxygen atoms in total. The van der Waals surface area contributed by atoms with Gasteiger partial charge in [-0.3, -0.25) is 9.78 Å². The van der Waals surface area contributed by atoms with E-state index in [0.29, 0.717) is 0 Å². The van der Waals surface area contributed by atoms with Gasteiger partial charge in [-0.25, -0.2) is 4.79 Å². The van der Waals surface area contributed by atoms with Crippen LogP contribution in [0, 0.1) is 0 Å². The van der Waals surface area contributed by atoms with E-state index in [1.807, 2.05) is 0 Å². The van der Waals surface area contributed by atoms with Crippen LogP contribution in [0.1, 0.15) is 10.4 Å². The number of nitrogens with one attached hydrogen (secondary N) is 1. The summed E-state index contributed by atoms with van der Waals surface area (Å²) in [7, 11) is 0. The van der Waals surface area contributed by atoms with E-state index in [9.17, 15) is 22.8 Å². The first-order valence-electron chi connectivity index (χ1n) is 6.56. The molecule has 1 heterocycles. The van der Waals surface area contributed by atoms with Crippen molar-refractivity contribution in [2.45, 2.75) is 6.36 Å². The van der Waals surface area contributed by atoms with Gasteiger partial charge in [0.2, 0.25) is 0 Å². The van der Waals surface area contributed by atoms with E-state index in [0.717, 1.165) is 12.1 Å². The summed E-state index contributed by atoms with van der Waals surface area (Å²) in [5, 5.41) is 2.37. The minimum absolute atomic E-state index is 0.231. The van der Waals surface area contributed by atoms with Crippen LogP contribution in [0.2, 0.25) is 0 Å². The van der Waals surface area contributed by atoms with Crippen LogP contribution in [-0.2, 0) is 9.53 Å². The normalized spacial score (nSPS) is 10.8. The Labute approximate surface area is 134 Å². The number of carbonyl (C=O) groups excluding carboxylic acids is 2. The SMILES string of the molecule is O=C(COC(=O)c1ccncc1)Nc1ccc(OC(F)(F)F)cc1. The zero-order valence-corrected chi connectivity index (χ0v) is 12.0. The molecule has 0 unspecified atom stereocenters. The van der Waals surface area contributed by atoms with Crippen molar-refractivity contribution in [3.05, 3.63) is 54.4 Å². The summed E-state index contributed by atoms with van der Waals surface area (Å²) in [5.74, 6) is -1.74. The number of hydrogen-bond acceptors (Lipinski definition) is 5. The first-order chi connectivity index (χ1) is 11.3. The Morgan fingerprint density at radius 2 is 1.67 bits per heavy atom. The van der Waals surface area contributed by atoms with Crippen molar-refractivity contribution < 1.29 is 32.2 Å². The van der Waals surface area contributed by atoms with Gasteiger partial charge >= 0.3 is 12.3 Å². The van der Waals surface area contributed by atoms with E-state index < -0.39 is 30.6 Å². The smallest absolute Gasteiger partial charge is 0.452 e. The molecule has 0 fully saturated rings. The molecule has 0 bridgehead atoms. The second-order valence-corrected chi connectivity index (χ2v) is 4.43. The van der Waals surface area contributed by atoms with Crippen molar-refractivity contribution in [3.63, 3.8) is 0 Å². The topological polar surface area (TPSA) is 77.5 Å². The molecule has 1 amide bonds. The van der Waals surface area contributed by atoms with E-state index in [4.69, 9.17) is 4.74 Å². The summed E-state index contributed by atoms with van der Waals surface area (Å²) in [6.45, 7) is -0.540. The molecule has 1 N–H and O–H groups in total. The minimum atomic E-state index is -4.79. The van der Waals surface area contributed by atoms with Gasteiger partial charge in [0, 0.05) is 18.1 Å². The molecule has 0 saturated heterocycles. The number of esters is 1. The van der Waals surface area contributed by atoms with Gasteiger partial charge in [0.1, 0.15) is 5.75 Å². The number of benzene rings is 1. The Balaban J connectivity index is 1.83. The first-order valence-corrected chi connectivity index (χ1v) is 6.56. The molecule has 9 heteroatoms. The molecule has 2 aromatic rings. The Morgan fingerprint density at radius 1 is 1.04 bits per heavy atom. The maximum atomic E-state index is 12.0. The number of alkyl halides is 3. The number of anilines is 1. The molecule has 0 aliphatic rings. The fourth-order valence-electron chi connectivity index (χ4n) is 1.64. The summed E-state index contributed by atoms with van der Waals surface area (Å²) in [6.07, 6.45) is -1.98. The van der Waals surface area contributed by atoms with Gasteiger partial charge in [-0.1, -0.05) is 0 Å². The summed E-state index contributed by atoms with van der Waals surface area (Å²) >= 11 is 0. The van der Waals surface area contributed by atoms with E-state index in [-0.39, 0.29) is 11.3 Å². The van der Waals surface area contributed by atoms with Crippen molar-refractivity contribution >= 4 is 17.6 Å². The molecule has 24 heavy (non-hydrogen) atoms. The fourth-order valence-corrected chi connectivity index (χ4v) is 1.64. The van der Waals surface area contributed by atoms with Gasteiger partial charge in [0.15, 0.2) is 6.61 Å². The molecular weight excluding hydrogens is 329 g/mol. The van der Waals surface area contributed by atoms with Crippen molar-refractivity contribution in [3.8, 4) is 5.75 Å². The van der Waals surface area contributed by atoms with Crippen LogP contribution in [0.3, 0.4) is 0 Å². The molecule has 0 atom stereocenters. The van der Waals surface area contributed by atoms with E-state index in [2.05, 4.69) is 15.0 Å². The Bertz CT molecular complexity index is 703. The highest BCUT2D eigenvalue weighted by Gasteiger charge is 2.30. The maximum Gasteiger partial charge on any atom is 0.573 e. The van der Waals surface area contributed by atoms with Gasteiger partial charge in [0.05, 0.1) is 5.56 Å². The predicted molar refractivity (Wildman–Crippen MR) is 76.3 cm³/mol. The van der Waals surface area contributed by atoms with E-state index >= 15 is 0 Å². The van der Waals surface area contributed by atoms with Crippen LogP contribution in [-0.4, -0.2) is 29.8 Å². The molecule has 2 rings (SSSR count). The van der Waals surface area contributed by atoms with Gasteiger partial charge in [-0.05, 0) is 36.4 Å². The Morgan fingerprint density at radius 3 is 2.25 bits per heavy atom. The van der Waals surface area contributed by atoms with E-state index in [1.54, 1.807) is 0 Å². The molecule has 1 aromatic heterocycles. The molecule has 1 aromatic carbocycles. The number of amides is 1. The van der Waals surface area contributed by atoms with Crippen molar-refractivity contribution in [2.24, 2.45) is 0 Å². The molecule has 0 aliphatic carbocycles. The number of carbonyl (C=O) groups is 2. The van der Waals surface area contributed by atoms with Crippen LogP contribution < -0.4 is 10.1 Å². The third kappa shape index (κ3) is 5.59. The predicted octanol–water partition coefficient (Wildman–Crippen LogP) is 2.78. The standard InChI is InChI=1S/C15H11F3N2O4/c16-15(17,18)24-12-3-1-11(2-4-12)20-13(21)9-23-14(22)10-5-7-19-8-6-10/h1-8H,9H2,(H,20,21). The highest BCUT2D eigenvalue weighted by atomic mass is 19.4. The molecular formula is C15H11F3N2O4. The lowest BCUT2D eigenvalue weighted by Gasteiger charge is -2.10. The molecule has 126 valence electrons. The monoisotopic (exact) mass is 340 g/mol. The quantitative estimate of drug-likeness (QED) is 0.847. The average molecular weight is 340 g/mol. The van der Waals surface area contributed by atoms with Crippen LogP contribution >= 0.6 is 0 Å². The Kier molecular flexibility index (Phi) is 5.35. The number of ether oxygens (including phenoxy) is 2. The lowest BCUT2D eigenvalue weighted by molar-refractivity contribution is -0.274. The van der Waals surface area contributed by atoms with Gasteiger partial charge in [-0.15, -0.1) is 13.2 Å². The van der Waals surface area contributed by atoms with Crippen molar-refractivity contribution in [2.75, 3.05) is 11.9 Å². The summed E-state index contributed by atoms with van der Waals surface area (Å²) in [4.78, 5) is 27.0. The molecule has 0 saturated carbocycles. The Hall–Kier alpha value is -3.10. The summed E-state index contributed by atoms with van der Waals surface area (Å²) < 4.78 is 44.6. The largest absolute Gasteiger partial charge is 0.573 e.